The van der Waals surface area contributed by atoms with Crippen LogP contribution >= 0.6 is 0 Å². The van der Waals surface area contributed by atoms with Crippen molar-refractivity contribution in [2.75, 3.05) is 37.0 Å². The predicted molar refractivity (Wildman–Crippen MR) is 131 cm³/mol. The summed E-state index contributed by atoms with van der Waals surface area (Å²) in [5.74, 6) is -0.755. The number of carbonyl (C=O) groups excluding carboxylic acids is 1. The van der Waals surface area contributed by atoms with E-state index in [1.165, 1.54) is 24.1 Å². The number of nitrogens with zero attached hydrogens (tertiary/aromatic N) is 4. The van der Waals surface area contributed by atoms with Crippen LogP contribution in [0.2, 0.25) is 0 Å². The number of carbonyl (C=O) groups is 2. The Kier molecular flexibility index (Phi) is 6.31. The number of amides is 2. The van der Waals surface area contributed by atoms with Crippen molar-refractivity contribution in [1.82, 2.24) is 14.3 Å². The van der Waals surface area contributed by atoms with Crippen LogP contribution in [-0.2, 0) is 0 Å². The lowest BCUT2D eigenvalue weighted by Crippen LogP contribution is -2.59. The molecule has 0 bridgehead atoms. The lowest BCUT2D eigenvalue weighted by atomic mass is 9.84. The van der Waals surface area contributed by atoms with Gasteiger partial charge in [0.05, 0.1) is 30.1 Å². The topological polar surface area (TPSA) is 99.4 Å². The highest BCUT2D eigenvalue weighted by atomic mass is 19.1. The molecule has 1 aromatic carbocycles. The first-order valence-electron chi connectivity index (χ1n) is 11.4. The number of fused-ring (bicyclic) bond motifs is 1. The minimum absolute atomic E-state index is 0.0410. The van der Waals surface area contributed by atoms with Gasteiger partial charge in [-0.05, 0) is 30.5 Å². The standard InChI is InChI=1S/C25H30FN5O4/c1-15-12-30-13-17(20(35-5)11-22(30)27-15)23(32)28-19-7-6-16(10-18(19)26)29-8-9-31(24(33)34)21(14-29)25(2,3)4/h6-7,10-13,21H,8-9,14H2,1-5H3,(H,28,32)(H,33,34). The highest BCUT2D eigenvalue weighted by Gasteiger charge is 2.38. The van der Waals surface area contributed by atoms with Crippen molar-refractivity contribution in [2.45, 2.75) is 33.7 Å². The van der Waals surface area contributed by atoms with E-state index >= 15 is 4.39 Å². The first-order chi connectivity index (χ1) is 16.5. The fourth-order valence-corrected chi connectivity index (χ4v) is 4.46. The molecule has 186 valence electrons. The zero-order valence-corrected chi connectivity index (χ0v) is 20.5. The molecule has 3 heterocycles. The lowest BCUT2D eigenvalue weighted by Gasteiger charge is -2.46. The number of halogens is 1. The smallest absolute Gasteiger partial charge is 0.407 e. The molecule has 1 aliphatic heterocycles. The number of rotatable bonds is 4. The van der Waals surface area contributed by atoms with E-state index in [-0.39, 0.29) is 22.7 Å². The Hall–Kier alpha value is -3.82. The molecule has 4 rings (SSSR count). The summed E-state index contributed by atoms with van der Waals surface area (Å²) < 4.78 is 22.1. The van der Waals surface area contributed by atoms with Gasteiger partial charge in [0.2, 0.25) is 0 Å². The second-order valence-corrected chi connectivity index (χ2v) is 9.83. The van der Waals surface area contributed by atoms with E-state index in [4.69, 9.17) is 4.74 Å². The Morgan fingerprint density at radius 1 is 1.20 bits per heavy atom. The van der Waals surface area contributed by atoms with Gasteiger partial charge >= 0.3 is 6.09 Å². The van der Waals surface area contributed by atoms with Gasteiger partial charge in [-0.3, -0.25) is 4.79 Å². The number of aromatic nitrogens is 2. The number of hydrogen-bond acceptors (Lipinski definition) is 5. The van der Waals surface area contributed by atoms with Crippen LogP contribution in [0.25, 0.3) is 5.65 Å². The third-order valence-corrected chi connectivity index (χ3v) is 6.33. The summed E-state index contributed by atoms with van der Waals surface area (Å²) >= 11 is 0. The Balaban J connectivity index is 1.54. The number of hydrogen-bond donors (Lipinski definition) is 2. The molecule has 1 atom stereocenters. The Labute approximate surface area is 203 Å². The first-order valence-corrected chi connectivity index (χ1v) is 11.4. The summed E-state index contributed by atoms with van der Waals surface area (Å²) in [6.45, 7) is 9.05. The van der Waals surface area contributed by atoms with Crippen molar-refractivity contribution in [3.8, 4) is 5.75 Å². The van der Waals surface area contributed by atoms with Crippen LogP contribution in [-0.4, -0.2) is 64.2 Å². The number of aryl methyl sites for hydroxylation is 1. The first kappa shape index (κ1) is 24.3. The van der Waals surface area contributed by atoms with Gasteiger partial charge in [-0.25, -0.2) is 14.2 Å². The summed E-state index contributed by atoms with van der Waals surface area (Å²) in [5.41, 5.74) is 2.08. The number of nitrogens with one attached hydrogen (secondary N) is 1. The second kappa shape index (κ2) is 9.09. The van der Waals surface area contributed by atoms with Gasteiger partial charge in [0.1, 0.15) is 17.2 Å². The van der Waals surface area contributed by atoms with Gasteiger partial charge in [-0.2, -0.15) is 0 Å². The molecule has 1 saturated heterocycles. The normalized spacial score (nSPS) is 16.5. The van der Waals surface area contributed by atoms with Crippen molar-refractivity contribution in [1.29, 1.82) is 0 Å². The molecule has 0 aliphatic carbocycles. The minimum atomic E-state index is -0.951. The number of benzene rings is 1. The minimum Gasteiger partial charge on any atom is -0.496 e. The van der Waals surface area contributed by atoms with Crippen molar-refractivity contribution < 1.29 is 23.8 Å². The number of anilines is 2. The van der Waals surface area contributed by atoms with E-state index in [2.05, 4.69) is 10.3 Å². The maximum Gasteiger partial charge on any atom is 0.407 e. The number of pyridine rings is 1. The predicted octanol–water partition coefficient (Wildman–Crippen LogP) is 4.26. The van der Waals surface area contributed by atoms with Crippen LogP contribution in [0.3, 0.4) is 0 Å². The average molecular weight is 484 g/mol. The van der Waals surface area contributed by atoms with Crippen molar-refractivity contribution in [3.05, 3.63) is 53.7 Å². The Bertz CT molecular complexity index is 1280. The number of piperazine rings is 1. The summed E-state index contributed by atoms with van der Waals surface area (Å²) in [7, 11) is 1.46. The number of ether oxygens (including phenoxy) is 1. The quantitative estimate of drug-likeness (QED) is 0.575. The van der Waals surface area contributed by atoms with Crippen LogP contribution in [0.15, 0.2) is 36.7 Å². The van der Waals surface area contributed by atoms with Gasteiger partial charge in [0, 0.05) is 43.8 Å². The SMILES string of the molecule is COc1cc2nc(C)cn2cc1C(=O)Nc1ccc(N2CCN(C(=O)O)C(C(C)(C)C)C2)cc1F. The van der Waals surface area contributed by atoms with Gasteiger partial charge in [0.15, 0.2) is 0 Å². The molecule has 1 aliphatic rings. The maximum atomic E-state index is 15.1. The van der Waals surface area contributed by atoms with Crippen molar-refractivity contribution in [3.63, 3.8) is 0 Å². The molecule has 0 saturated carbocycles. The molecule has 0 radical (unpaired) electrons. The largest absolute Gasteiger partial charge is 0.496 e. The highest BCUT2D eigenvalue weighted by Crippen LogP contribution is 2.31. The van der Waals surface area contributed by atoms with E-state index in [1.807, 2.05) is 32.6 Å². The van der Waals surface area contributed by atoms with Crippen LogP contribution in [0.4, 0.5) is 20.6 Å². The van der Waals surface area contributed by atoms with Gasteiger partial charge in [0.25, 0.3) is 5.91 Å². The molecule has 2 aromatic heterocycles. The van der Waals surface area contributed by atoms with Crippen LogP contribution in [0.1, 0.15) is 36.8 Å². The van der Waals surface area contributed by atoms with E-state index in [1.54, 1.807) is 28.9 Å². The second-order valence-electron chi connectivity index (χ2n) is 9.83. The van der Waals surface area contributed by atoms with Gasteiger partial charge in [-0.1, -0.05) is 20.8 Å². The average Bonchev–Trinajstić information content (AvgIpc) is 3.17. The molecular formula is C25H30FN5O4. The third-order valence-electron chi connectivity index (χ3n) is 6.33. The molecule has 3 aromatic rings. The van der Waals surface area contributed by atoms with E-state index < -0.39 is 17.8 Å². The van der Waals surface area contributed by atoms with Gasteiger partial charge in [-0.15, -0.1) is 0 Å². The number of carboxylic acid groups (broad SMARTS) is 1. The van der Waals surface area contributed by atoms with Crippen molar-refractivity contribution in [2.24, 2.45) is 5.41 Å². The maximum absolute atomic E-state index is 15.1. The molecule has 0 spiro atoms. The summed E-state index contributed by atoms with van der Waals surface area (Å²) in [6, 6.07) is 6.03. The zero-order valence-electron chi connectivity index (χ0n) is 20.5. The molecule has 1 unspecified atom stereocenters. The molecule has 2 amide bonds. The van der Waals surface area contributed by atoms with Crippen LogP contribution < -0.4 is 15.0 Å². The fraction of sp³-hybridized carbons (Fsp3) is 0.400. The molecule has 35 heavy (non-hydrogen) atoms. The zero-order chi connectivity index (χ0) is 25.5. The highest BCUT2D eigenvalue weighted by molar-refractivity contribution is 6.06. The van der Waals surface area contributed by atoms with Crippen LogP contribution in [0, 0.1) is 18.2 Å². The lowest BCUT2D eigenvalue weighted by molar-refractivity contribution is 0.0748. The van der Waals surface area contributed by atoms with Crippen molar-refractivity contribution >= 4 is 29.0 Å². The molecule has 2 N–H and O–H groups in total. The summed E-state index contributed by atoms with van der Waals surface area (Å²) in [6.07, 6.45) is 2.44. The molecular weight excluding hydrogens is 453 g/mol. The molecule has 10 heteroatoms. The van der Waals surface area contributed by atoms with E-state index in [0.717, 1.165) is 5.69 Å². The Morgan fingerprint density at radius 2 is 1.94 bits per heavy atom. The monoisotopic (exact) mass is 483 g/mol. The van der Waals surface area contributed by atoms with E-state index in [9.17, 15) is 14.7 Å². The fourth-order valence-electron chi connectivity index (χ4n) is 4.46. The number of methoxy groups -OCH3 is 1. The third kappa shape index (κ3) is 4.87. The number of imidazole rings is 1. The van der Waals surface area contributed by atoms with Gasteiger partial charge < -0.3 is 29.4 Å². The van der Waals surface area contributed by atoms with Crippen LogP contribution in [0.5, 0.6) is 5.75 Å². The molecule has 1 fully saturated rings. The summed E-state index contributed by atoms with van der Waals surface area (Å²) in [5, 5.41) is 12.2. The van der Waals surface area contributed by atoms with E-state index in [0.29, 0.717) is 36.7 Å². The molecule has 9 nitrogen and oxygen atoms in total. The Morgan fingerprint density at radius 3 is 2.57 bits per heavy atom. The summed E-state index contributed by atoms with van der Waals surface area (Å²) in [4.78, 5) is 32.4.